The molecule has 7 aliphatic rings. The summed E-state index contributed by atoms with van der Waals surface area (Å²) >= 11 is 0. The van der Waals surface area contributed by atoms with Crippen LogP contribution in [0.15, 0.2) is 23.3 Å². The van der Waals surface area contributed by atoms with Crippen LogP contribution in [0.3, 0.4) is 0 Å². The number of carbonyl (C=O) groups excluding carboxylic acids is 4. The molecule has 2 saturated heterocycles. The highest BCUT2D eigenvalue weighted by Crippen LogP contribution is 2.75. The summed E-state index contributed by atoms with van der Waals surface area (Å²) in [5.41, 5.74) is -1.54. The molecule has 3 aliphatic heterocycles. The van der Waals surface area contributed by atoms with Gasteiger partial charge in [0.15, 0.2) is 17.5 Å². The first-order chi connectivity index (χ1) is 17.9. The number of ether oxygens (including phenoxy) is 4. The van der Waals surface area contributed by atoms with E-state index in [4.69, 9.17) is 18.9 Å². The van der Waals surface area contributed by atoms with Crippen molar-refractivity contribution in [3.05, 3.63) is 23.3 Å². The highest BCUT2D eigenvalue weighted by Gasteiger charge is 2.83. The summed E-state index contributed by atoms with van der Waals surface area (Å²) in [6, 6.07) is 0. The molecule has 0 bridgehead atoms. The van der Waals surface area contributed by atoms with Crippen LogP contribution in [0, 0.1) is 34.5 Å². The third kappa shape index (κ3) is 2.61. The first-order valence-corrected chi connectivity index (χ1v) is 14.1. The fourth-order valence-corrected chi connectivity index (χ4v) is 10.2. The molecule has 4 aliphatic carbocycles. The van der Waals surface area contributed by atoms with E-state index in [1.807, 2.05) is 20.8 Å². The average Bonchev–Trinajstić information content (AvgIpc) is 3.37. The third-order valence-electron chi connectivity index (χ3n) is 12.1. The van der Waals surface area contributed by atoms with Crippen LogP contribution in [-0.2, 0) is 38.1 Å². The highest BCUT2D eigenvalue weighted by molar-refractivity contribution is 5.98. The number of fused-ring (bicyclic) bond motifs is 3. The molecule has 8 heteroatoms. The van der Waals surface area contributed by atoms with Gasteiger partial charge in [0.05, 0.1) is 16.9 Å². The van der Waals surface area contributed by atoms with Gasteiger partial charge in [-0.3, -0.25) is 14.4 Å². The zero-order valence-corrected chi connectivity index (χ0v) is 22.7. The predicted molar refractivity (Wildman–Crippen MR) is 132 cm³/mol. The Morgan fingerprint density at radius 2 is 1.82 bits per heavy atom. The summed E-state index contributed by atoms with van der Waals surface area (Å²) < 4.78 is 24.2. The van der Waals surface area contributed by atoms with Crippen molar-refractivity contribution in [2.24, 2.45) is 34.5 Å². The van der Waals surface area contributed by atoms with Crippen molar-refractivity contribution >= 4 is 23.7 Å². The lowest BCUT2D eigenvalue weighted by molar-refractivity contribution is -0.179. The molecule has 5 fully saturated rings. The third-order valence-corrected chi connectivity index (χ3v) is 12.1. The number of carbonyl (C=O) groups is 4. The molecule has 0 aromatic heterocycles. The molecule has 3 saturated carbocycles. The number of rotatable bonds is 2. The second-order valence-electron chi connectivity index (χ2n) is 13.3. The first-order valence-electron chi connectivity index (χ1n) is 14.1. The molecule has 0 aromatic rings. The van der Waals surface area contributed by atoms with Crippen molar-refractivity contribution < 1.29 is 38.1 Å². The number of epoxide rings is 1. The monoisotopic (exact) mass is 524 g/mol. The van der Waals surface area contributed by atoms with Crippen LogP contribution >= 0.6 is 0 Å². The van der Waals surface area contributed by atoms with Crippen molar-refractivity contribution in [2.75, 3.05) is 0 Å². The Kier molecular flexibility index (Phi) is 4.77. The van der Waals surface area contributed by atoms with Gasteiger partial charge in [-0.05, 0) is 89.7 Å². The number of ketones is 1. The van der Waals surface area contributed by atoms with Crippen molar-refractivity contribution in [3.63, 3.8) is 0 Å². The summed E-state index contributed by atoms with van der Waals surface area (Å²) in [4.78, 5) is 52.0. The van der Waals surface area contributed by atoms with E-state index in [0.717, 1.165) is 24.8 Å². The molecule has 7 rings (SSSR count). The SMILES string of the molecule is CC(=O)OC1C=CC(=O)C2(C)C3CCC45C(=O)OC(C)(C6CC(C)=C(C)C(=O)O6)C4CCC5C3CC3OC132. The Balaban J connectivity index is 1.23. The van der Waals surface area contributed by atoms with Gasteiger partial charge in [0.1, 0.15) is 11.7 Å². The van der Waals surface area contributed by atoms with Crippen LogP contribution in [-0.4, -0.2) is 53.2 Å². The van der Waals surface area contributed by atoms with E-state index >= 15 is 0 Å². The van der Waals surface area contributed by atoms with Gasteiger partial charge in [0.2, 0.25) is 0 Å². The van der Waals surface area contributed by atoms with Gasteiger partial charge >= 0.3 is 17.9 Å². The Morgan fingerprint density at radius 1 is 1.05 bits per heavy atom. The maximum absolute atomic E-state index is 13.9. The zero-order chi connectivity index (χ0) is 27.0. The minimum absolute atomic E-state index is 0.0196. The lowest BCUT2D eigenvalue weighted by Gasteiger charge is -2.56. The first kappa shape index (κ1) is 24.6. The van der Waals surface area contributed by atoms with Crippen molar-refractivity contribution in [1.82, 2.24) is 0 Å². The molecule has 11 atom stereocenters. The van der Waals surface area contributed by atoms with E-state index in [1.165, 1.54) is 6.92 Å². The molecule has 0 aromatic carbocycles. The summed E-state index contributed by atoms with van der Waals surface area (Å²) in [5.74, 6) is -0.696. The fraction of sp³-hybridized carbons (Fsp3) is 0.733. The lowest BCUT2D eigenvalue weighted by Crippen LogP contribution is -2.64. The van der Waals surface area contributed by atoms with Crippen molar-refractivity contribution in [3.8, 4) is 0 Å². The largest absolute Gasteiger partial charge is 0.455 e. The second-order valence-corrected chi connectivity index (χ2v) is 13.3. The Hall–Kier alpha value is -2.48. The van der Waals surface area contributed by atoms with E-state index in [9.17, 15) is 19.2 Å². The van der Waals surface area contributed by atoms with E-state index in [-0.39, 0.29) is 53.5 Å². The highest BCUT2D eigenvalue weighted by atomic mass is 16.7. The summed E-state index contributed by atoms with van der Waals surface area (Å²) in [7, 11) is 0. The van der Waals surface area contributed by atoms with E-state index in [2.05, 4.69) is 0 Å². The van der Waals surface area contributed by atoms with Gasteiger partial charge < -0.3 is 18.9 Å². The second kappa shape index (κ2) is 7.38. The van der Waals surface area contributed by atoms with Crippen LogP contribution in [0.4, 0.5) is 0 Å². The Morgan fingerprint density at radius 3 is 2.53 bits per heavy atom. The Bertz CT molecular complexity index is 1250. The molecular weight excluding hydrogens is 488 g/mol. The van der Waals surface area contributed by atoms with Crippen LogP contribution in [0.2, 0.25) is 0 Å². The van der Waals surface area contributed by atoms with Crippen LogP contribution < -0.4 is 0 Å². The minimum Gasteiger partial charge on any atom is -0.455 e. The smallest absolute Gasteiger partial charge is 0.334 e. The van der Waals surface area contributed by atoms with E-state index in [1.54, 1.807) is 19.1 Å². The van der Waals surface area contributed by atoms with Gasteiger partial charge in [0.25, 0.3) is 0 Å². The van der Waals surface area contributed by atoms with Gasteiger partial charge in [0, 0.05) is 24.8 Å². The van der Waals surface area contributed by atoms with Crippen LogP contribution in [0.5, 0.6) is 0 Å². The Labute approximate surface area is 222 Å². The van der Waals surface area contributed by atoms with Gasteiger partial charge in [-0.15, -0.1) is 0 Å². The average molecular weight is 525 g/mol. The van der Waals surface area contributed by atoms with Crippen molar-refractivity contribution in [2.45, 2.75) is 103 Å². The number of hydrogen-bond donors (Lipinski definition) is 0. The lowest BCUT2D eigenvalue weighted by atomic mass is 9.44. The molecular formula is C30H36O8. The molecule has 3 heterocycles. The summed E-state index contributed by atoms with van der Waals surface area (Å²) in [6.45, 7) is 9.07. The van der Waals surface area contributed by atoms with Gasteiger partial charge in [-0.2, -0.15) is 0 Å². The number of esters is 3. The number of cyclic esters (lactones) is 2. The number of allylic oxidation sites excluding steroid dienone is 1. The van der Waals surface area contributed by atoms with Crippen molar-refractivity contribution in [1.29, 1.82) is 0 Å². The maximum Gasteiger partial charge on any atom is 0.334 e. The van der Waals surface area contributed by atoms with Gasteiger partial charge in [-0.25, -0.2) is 4.79 Å². The molecule has 8 nitrogen and oxygen atoms in total. The maximum atomic E-state index is 13.9. The molecule has 0 radical (unpaired) electrons. The number of hydrogen-bond acceptors (Lipinski definition) is 8. The normalized spacial score (nSPS) is 52.2. The van der Waals surface area contributed by atoms with Gasteiger partial charge in [-0.1, -0.05) is 5.57 Å². The molecule has 204 valence electrons. The van der Waals surface area contributed by atoms with E-state index in [0.29, 0.717) is 24.8 Å². The van der Waals surface area contributed by atoms with Crippen LogP contribution in [0.1, 0.15) is 73.1 Å². The molecule has 2 spiro atoms. The molecule has 0 N–H and O–H groups in total. The van der Waals surface area contributed by atoms with E-state index < -0.39 is 34.2 Å². The molecule has 38 heavy (non-hydrogen) atoms. The van der Waals surface area contributed by atoms with Crippen LogP contribution in [0.25, 0.3) is 0 Å². The summed E-state index contributed by atoms with van der Waals surface area (Å²) in [6.07, 6.45) is 6.32. The quantitative estimate of drug-likeness (QED) is 0.306. The summed E-state index contributed by atoms with van der Waals surface area (Å²) in [5, 5.41) is 0. The standard InChI is InChI=1S/C30H36O8/c1-14-12-23(36-25(33)15(14)2)28(5)20-7-6-19-17-13-24-30(37-24)22(35-16(3)31)9-8-21(32)27(30,4)18(17)10-11-29(19,20)26(34)38-28/h8-9,17-20,22-24H,6-7,10-13H2,1-5H3. The predicted octanol–water partition coefficient (Wildman–Crippen LogP) is 3.61. The molecule has 11 unspecified atom stereocenters. The zero-order valence-electron chi connectivity index (χ0n) is 22.7. The fourth-order valence-electron chi connectivity index (χ4n) is 10.2. The topological polar surface area (TPSA) is 109 Å². The molecule has 0 amide bonds. The minimum atomic E-state index is -0.876.